The summed E-state index contributed by atoms with van der Waals surface area (Å²) in [5, 5.41) is 12.4. The number of nitrogens with one attached hydrogen (secondary N) is 2. The first-order chi connectivity index (χ1) is 14.8. The van der Waals surface area contributed by atoms with Crippen molar-refractivity contribution in [2.24, 2.45) is 0 Å². The molecule has 9 nitrogen and oxygen atoms in total. The second kappa shape index (κ2) is 9.79. The van der Waals surface area contributed by atoms with Gasteiger partial charge in [0, 0.05) is 17.4 Å². The molecule has 1 atom stereocenters. The molecule has 0 saturated carbocycles. The van der Waals surface area contributed by atoms with Crippen LogP contribution < -0.4 is 10.9 Å². The Morgan fingerprint density at radius 2 is 2.10 bits per heavy atom. The second-order valence-corrected chi connectivity index (χ2v) is 7.36. The minimum Gasteiger partial charge on any atom is -0.461 e. The first-order valence-corrected chi connectivity index (χ1v) is 10.2. The number of aliphatic hydroxyl groups is 1. The summed E-state index contributed by atoms with van der Waals surface area (Å²) < 4.78 is 32.2. The number of aliphatic hydroxyl groups excluding tert-OH is 1. The van der Waals surface area contributed by atoms with Gasteiger partial charge in [0.25, 0.3) is 5.56 Å². The molecule has 1 aromatic carbocycles. The van der Waals surface area contributed by atoms with E-state index in [2.05, 4.69) is 25.3 Å². The van der Waals surface area contributed by atoms with Gasteiger partial charge in [-0.1, -0.05) is 23.9 Å². The number of benzene rings is 1. The molecule has 2 heterocycles. The smallest absolute Gasteiger partial charge is 0.362 e. The van der Waals surface area contributed by atoms with E-state index in [1.54, 1.807) is 13.8 Å². The van der Waals surface area contributed by atoms with E-state index >= 15 is 0 Å². The highest BCUT2D eigenvalue weighted by Crippen LogP contribution is 2.26. The number of hydrogen-bond donors (Lipinski definition) is 3. The van der Waals surface area contributed by atoms with Gasteiger partial charge in [-0.3, -0.25) is 4.79 Å². The van der Waals surface area contributed by atoms with E-state index in [-0.39, 0.29) is 46.7 Å². The average Bonchev–Trinajstić information content (AvgIpc) is 2.74. The Morgan fingerprint density at radius 1 is 1.32 bits per heavy atom. The fraction of sp³-hybridized carbons (Fsp3) is 0.316. The van der Waals surface area contributed by atoms with Crippen LogP contribution in [0, 0.1) is 11.6 Å². The Hall–Kier alpha value is -3.12. The van der Waals surface area contributed by atoms with Crippen molar-refractivity contribution >= 4 is 34.7 Å². The molecule has 0 aliphatic heterocycles. The lowest BCUT2D eigenvalue weighted by molar-refractivity contribution is 0.0517. The van der Waals surface area contributed by atoms with E-state index in [1.807, 2.05) is 0 Å². The summed E-state index contributed by atoms with van der Waals surface area (Å²) >= 11 is 1.01. The van der Waals surface area contributed by atoms with Crippen LogP contribution in [-0.4, -0.2) is 50.3 Å². The van der Waals surface area contributed by atoms with Gasteiger partial charge >= 0.3 is 5.97 Å². The van der Waals surface area contributed by atoms with Crippen LogP contribution in [0.2, 0.25) is 0 Å². The maximum Gasteiger partial charge on any atom is 0.362 e. The molecule has 31 heavy (non-hydrogen) atoms. The van der Waals surface area contributed by atoms with Gasteiger partial charge in [0.05, 0.1) is 13.2 Å². The molecule has 0 radical (unpaired) electrons. The molecule has 0 saturated heterocycles. The number of ether oxygens (including phenoxy) is 1. The number of halogens is 2. The van der Waals surface area contributed by atoms with E-state index in [1.165, 1.54) is 12.1 Å². The second-order valence-electron chi connectivity index (χ2n) is 6.42. The van der Waals surface area contributed by atoms with Crippen molar-refractivity contribution in [2.45, 2.75) is 30.8 Å². The number of aromatic amines is 1. The zero-order valence-electron chi connectivity index (χ0n) is 16.6. The zero-order valence-corrected chi connectivity index (χ0v) is 17.4. The van der Waals surface area contributed by atoms with E-state index in [0.29, 0.717) is 0 Å². The number of nitrogens with zero attached hydrogens (tertiary/aromatic N) is 3. The molecule has 1 unspecified atom stereocenters. The fourth-order valence-electron chi connectivity index (χ4n) is 2.54. The highest BCUT2D eigenvalue weighted by atomic mass is 32.2. The monoisotopic (exact) mass is 451 g/mol. The summed E-state index contributed by atoms with van der Waals surface area (Å²) in [6.45, 7) is 3.11. The molecule has 0 fully saturated rings. The van der Waals surface area contributed by atoms with Gasteiger partial charge in [-0.05, 0) is 19.9 Å². The molecular weight excluding hydrogens is 432 g/mol. The number of thioether (sulfide) groups is 1. The van der Waals surface area contributed by atoms with Gasteiger partial charge in [-0.2, -0.15) is 0 Å². The maximum absolute atomic E-state index is 13.9. The predicted molar refractivity (Wildman–Crippen MR) is 110 cm³/mol. The topological polar surface area (TPSA) is 130 Å². The standard InChI is InChI=1S/C19H19F2N5O4S/c1-3-30-18(29)14-17(28)24-16-13(23-14)15(22-9(2)7-27)25-19(26-16)31-8-10-5-4-6-11(20)12(10)21/h4-6,9,27H,3,7-8H2,1-2H3,(H2,22,24,25,26,28). The molecule has 0 spiro atoms. The lowest BCUT2D eigenvalue weighted by Crippen LogP contribution is -2.25. The molecule has 12 heteroatoms. The molecular formula is C19H19F2N5O4S. The summed E-state index contributed by atoms with van der Waals surface area (Å²) in [7, 11) is 0. The van der Waals surface area contributed by atoms with Crippen LogP contribution in [0.25, 0.3) is 11.2 Å². The van der Waals surface area contributed by atoms with Crippen molar-refractivity contribution in [3.8, 4) is 0 Å². The maximum atomic E-state index is 13.9. The van der Waals surface area contributed by atoms with E-state index in [0.717, 1.165) is 17.8 Å². The molecule has 164 valence electrons. The first kappa shape index (κ1) is 22.6. The Kier molecular flexibility index (Phi) is 7.13. The van der Waals surface area contributed by atoms with Crippen molar-refractivity contribution < 1.29 is 23.4 Å². The van der Waals surface area contributed by atoms with E-state index in [4.69, 9.17) is 4.74 Å². The number of esters is 1. The third kappa shape index (κ3) is 5.14. The number of hydrogen-bond acceptors (Lipinski definition) is 9. The minimum absolute atomic E-state index is 0.0304. The molecule has 0 aliphatic rings. The molecule has 3 rings (SSSR count). The average molecular weight is 451 g/mol. The van der Waals surface area contributed by atoms with Crippen LogP contribution in [-0.2, 0) is 10.5 Å². The van der Waals surface area contributed by atoms with Gasteiger partial charge in [0.1, 0.15) is 5.52 Å². The Balaban J connectivity index is 2.03. The SMILES string of the molecule is CCOC(=O)c1nc2c(NC(C)CO)nc(SCc3cccc(F)c3F)nc2[nH]c1=O. The van der Waals surface area contributed by atoms with E-state index in [9.17, 15) is 23.5 Å². The van der Waals surface area contributed by atoms with Crippen LogP contribution >= 0.6 is 11.8 Å². The number of carbonyl (C=O) groups excluding carboxylic acids is 1. The molecule has 3 aromatic rings. The van der Waals surface area contributed by atoms with Gasteiger partial charge in [0.2, 0.25) is 5.69 Å². The predicted octanol–water partition coefficient (Wildman–Crippen LogP) is 2.25. The summed E-state index contributed by atoms with van der Waals surface area (Å²) in [4.78, 5) is 39.3. The number of aromatic nitrogens is 4. The lowest BCUT2D eigenvalue weighted by atomic mass is 10.2. The van der Waals surface area contributed by atoms with Crippen LogP contribution in [0.15, 0.2) is 28.2 Å². The first-order valence-electron chi connectivity index (χ1n) is 9.26. The van der Waals surface area contributed by atoms with Crippen LogP contribution in [0.1, 0.15) is 29.9 Å². The Morgan fingerprint density at radius 3 is 2.81 bits per heavy atom. The van der Waals surface area contributed by atoms with Crippen LogP contribution in [0.5, 0.6) is 0 Å². The summed E-state index contributed by atoms with van der Waals surface area (Å²) in [5.41, 5.74) is -1.01. The van der Waals surface area contributed by atoms with Crippen LogP contribution in [0.3, 0.4) is 0 Å². The number of H-pyrrole nitrogens is 1. The third-order valence-electron chi connectivity index (χ3n) is 4.05. The van der Waals surface area contributed by atoms with Crippen molar-refractivity contribution in [1.82, 2.24) is 19.9 Å². The van der Waals surface area contributed by atoms with Crippen molar-refractivity contribution in [2.75, 3.05) is 18.5 Å². The van der Waals surface area contributed by atoms with Gasteiger partial charge in [-0.25, -0.2) is 28.5 Å². The zero-order chi connectivity index (χ0) is 22.5. The van der Waals surface area contributed by atoms with E-state index < -0.39 is 34.9 Å². The minimum atomic E-state index is -0.961. The molecule has 0 aliphatic carbocycles. The summed E-state index contributed by atoms with van der Waals surface area (Å²) in [5.74, 6) is -2.64. The van der Waals surface area contributed by atoms with Gasteiger partial charge in [0.15, 0.2) is 28.3 Å². The molecule has 3 N–H and O–H groups in total. The fourth-order valence-corrected chi connectivity index (χ4v) is 3.36. The quantitative estimate of drug-likeness (QED) is 0.268. The number of rotatable bonds is 8. The highest BCUT2D eigenvalue weighted by Gasteiger charge is 2.20. The molecule has 0 amide bonds. The molecule has 2 aromatic heterocycles. The molecule has 0 bridgehead atoms. The van der Waals surface area contributed by atoms with Gasteiger partial charge in [-0.15, -0.1) is 0 Å². The van der Waals surface area contributed by atoms with Crippen LogP contribution in [0.4, 0.5) is 14.6 Å². The normalized spacial score (nSPS) is 12.0. The Bertz CT molecular complexity index is 1170. The summed E-state index contributed by atoms with van der Waals surface area (Å²) in [6, 6.07) is 3.42. The lowest BCUT2D eigenvalue weighted by Gasteiger charge is -2.14. The van der Waals surface area contributed by atoms with Crippen molar-refractivity contribution in [3.05, 3.63) is 51.4 Å². The third-order valence-corrected chi connectivity index (χ3v) is 4.94. The number of anilines is 1. The summed E-state index contributed by atoms with van der Waals surface area (Å²) in [6.07, 6.45) is 0. The van der Waals surface area contributed by atoms with Gasteiger partial charge < -0.3 is 20.1 Å². The number of carbonyl (C=O) groups is 1. The highest BCUT2D eigenvalue weighted by molar-refractivity contribution is 7.98. The Labute approximate surface area is 179 Å². The van der Waals surface area contributed by atoms with Crippen molar-refractivity contribution in [3.63, 3.8) is 0 Å². The number of fused-ring (bicyclic) bond motifs is 1. The van der Waals surface area contributed by atoms with Crippen molar-refractivity contribution in [1.29, 1.82) is 0 Å². The largest absolute Gasteiger partial charge is 0.461 e.